The first kappa shape index (κ1) is 24.0. The minimum atomic E-state index is -3.25. The Morgan fingerprint density at radius 1 is 1.24 bits per heavy atom. The molecule has 3 heterocycles. The molecule has 0 bridgehead atoms. The fourth-order valence-electron chi connectivity index (χ4n) is 4.57. The highest BCUT2D eigenvalue weighted by atomic mass is 32.2. The summed E-state index contributed by atoms with van der Waals surface area (Å²) in [5.41, 5.74) is 0.485. The predicted octanol–water partition coefficient (Wildman–Crippen LogP) is 2.21. The number of hydrogen-bond donors (Lipinski definition) is 1. The van der Waals surface area contributed by atoms with Crippen molar-refractivity contribution in [1.29, 1.82) is 0 Å². The van der Waals surface area contributed by atoms with Crippen molar-refractivity contribution in [2.24, 2.45) is 0 Å². The predicted molar refractivity (Wildman–Crippen MR) is 124 cm³/mol. The lowest BCUT2D eigenvalue weighted by molar-refractivity contribution is -0.140. The van der Waals surface area contributed by atoms with Crippen molar-refractivity contribution < 1.29 is 27.2 Å². The molecule has 1 aromatic heterocycles. The van der Waals surface area contributed by atoms with Gasteiger partial charge in [-0.2, -0.15) is 0 Å². The Hall–Kier alpha value is -3.14. The monoisotopic (exact) mass is 487 g/mol. The Balaban J connectivity index is 1.53. The first-order chi connectivity index (χ1) is 16.1. The van der Waals surface area contributed by atoms with Crippen LogP contribution in [0.2, 0.25) is 0 Å². The molecule has 0 unspecified atom stereocenters. The first-order valence-electron chi connectivity index (χ1n) is 11.4. The molecule has 2 aliphatic heterocycles. The Morgan fingerprint density at radius 3 is 2.56 bits per heavy atom. The minimum Gasteiger partial charge on any atom is -0.467 e. The number of hydrogen-bond acceptors (Lipinski definition) is 6. The van der Waals surface area contributed by atoms with Crippen molar-refractivity contribution in [3.8, 4) is 0 Å². The summed E-state index contributed by atoms with van der Waals surface area (Å²) in [7, 11) is -3.25. The number of urea groups is 1. The molecular formula is C24H29N3O6S. The molecule has 4 rings (SSSR count). The van der Waals surface area contributed by atoms with Crippen molar-refractivity contribution in [2.75, 3.05) is 18.1 Å². The van der Waals surface area contributed by atoms with Crippen LogP contribution in [-0.4, -0.2) is 60.2 Å². The van der Waals surface area contributed by atoms with E-state index in [0.29, 0.717) is 17.7 Å². The van der Waals surface area contributed by atoms with Crippen LogP contribution in [0.15, 0.2) is 47.1 Å². The molecule has 0 radical (unpaired) electrons. The highest BCUT2D eigenvalue weighted by molar-refractivity contribution is 7.91. The van der Waals surface area contributed by atoms with Gasteiger partial charge in [-0.15, -0.1) is 0 Å². The standard InChI is InChI=1S/C24H29N3O6S/c1-3-5-17-7-9-18(10-8-17)24(2)22(29)27(23(30)25-24)15-21(28)26(14-20-6-4-12-33-20)19-11-13-34(31,32)16-19/h4,6-10,12,19H,3,5,11,13-16H2,1-2H3,(H,25,30)/t19-,24-/m0/s1. The minimum absolute atomic E-state index is 0.00513. The molecule has 1 N–H and O–H groups in total. The van der Waals surface area contributed by atoms with Crippen LogP contribution in [-0.2, 0) is 37.9 Å². The summed E-state index contributed by atoms with van der Waals surface area (Å²) in [6.07, 6.45) is 3.69. The second kappa shape index (κ2) is 9.25. The van der Waals surface area contributed by atoms with Gasteiger partial charge in [-0.05, 0) is 43.0 Å². The molecule has 9 nitrogen and oxygen atoms in total. The van der Waals surface area contributed by atoms with Gasteiger partial charge < -0.3 is 14.6 Å². The number of rotatable bonds is 8. The zero-order valence-electron chi connectivity index (χ0n) is 19.3. The number of nitrogens with one attached hydrogen (secondary N) is 1. The zero-order chi connectivity index (χ0) is 24.5. The van der Waals surface area contributed by atoms with Gasteiger partial charge in [0.2, 0.25) is 5.91 Å². The molecule has 0 saturated carbocycles. The number of nitrogens with zero attached hydrogens (tertiary/aromatic N) is 2. The molecule has 2 aliphatic rings. The maximum atomic E-state index is 13.3. The number of furan rings is 1. The summed E-state index contributed by atoms with van der Waals surface area (Å²) in [5.74, 6) is -0.696. The maximum absolute atomic E-state index is 13.3. The topological polar surface area (TPSA) is 117 Å². The molecule has 2 atom stereocenters. The van der Waals surface area contributed by atoms with Crippen LogP contribution in [0.1, 0.15) is 43.6 Å². The number of benzene rings is 1. The normalized spacial score (nSPS) is 23.8. The Bertz CT molecular complexity index is 1180. The van der Waals surface area contributed by atoms with E-state index in [4.69, 9.17) is 4.42 Å². The Labute approximate surface area is 199 Å². The van der Waals surface area contributed by atoms with Crippen LogP contribution in [0.4, 0.5) is 4.79 Å². The molecule has 0 aliphatic carbocycles. The summed E-state index contributed by atoms with van der Waals surface area (Å²) in [5, 5.41) is 2.72. The van der Waals surface area contributed by atoms with E-state index in [1.165, 1.54) is 11.2 Å². The molecular weight excluding hydrogens is 458 g/mol. The summed E-state index contributed by atoms with van der Waals surface area (Å²) in [4.78, 5) is 41.7. The van der Waals surface area contributed by atoms with E-state index in [1.54, 1.807) is 19.1 Å². The number of amides is 4. The molecule has 2 aromatic rings. The van der Waals surface area contributed by atoms with Gasteiger partial charge in [0.05, 0.1) is 24.3 Å². The van der Waals surface area contributed by atoms with Gasteiger partial charge in [0.1, 0.15) is 17.8 Å². The van der Waals surface area contributed by atoms with E-state index in [9.17, 15) is 22.8 Å². The van der Waals surface area contributed by atoms with Crippen molar-refractivity contribution in [2.45, 2.75) is 51.2 Å². The highest BCUT2D eigenvalue weighted by Gasteiger charge is 2.50. The fourth-order valence-corrected chi connectivity index (χ4v) is 6.30. The second-order valence-corrected chi connectivity index (χ2v) is 11.3. The van der Waals surface area contributed by atoms with Gasteiger partial charge in [-0.1, -0.05) is 37.6 Å². The third kappa shape index (κ3) is 4.72. The molecule has 34 heavy (non-hydrogen) atoms. The smallest absolute Gasteiger partial charge is 0.325 e. The summed E-state index contributed by atoms with van der Waals surface area (Å²) in [6, 6.07) is 9.68. The SMILES string of the molecule is CCCc1ccc([C@]2(C)NC(=O)N(CC(=O)N(Cc3ccco3)[C@H]3CCS(=O)(=O)C3)C2=O)cc1. The second-order valence-electron chi connectivity index (χ2n) is 9.05. The number of aryl methyl sites for hydroxylation is 1. The number of sulfone groups is 1. The lowest BCUT2D eigenvalue weighted by atomic mass is 9.91. The molecule has 10 heteroatoms. The summed E-state index contributed by atoms with van der Waals surface area (Å²) in [6.45, 7) is 3.29. The fraction of sp³-hybridized carbons (Fsp3) is 0.458. The first-order valence-corrected chi connectivity index (χ1v) is 13.2. The van der Waals surface area contributed by atoms with Crippen LogP contribution >= 0.6 is 0 Å². The lowest BCUT2D eigenvalue weighted by Gasteiger charge is -2.29. The average molecular weight is 488 g/mol. The van der Waals surface area contributed by atoms with Crippen molar-refractivity contribution in [3.63, 3.8) is 0 Å². The zero-order valence-corrected chi connectivity index (χ0v) is 20.1. The van der Waals surface area contributed by atoms with Crippen molar-refractivity contribution >= 4 is 27.7 Å². The van der Waals surface area contributed by atoms with Gasteiger partial charge >= 0.3 is 6.03 Å². The van der Waals surface area contributed by atoms with Gasteiger partial charge in [-0.3, -0.25) is 14.5 Å². The van der Waals surface area contributed by atoms with Crippen LogP contribution in [0.5, 0.6) is 0 Å². The van der Waals surface area contributed by atoms with E-state index >= 15 is 0 Å². The lowest BCUT2D eigenvalue weighted by Crippen LogP contribution is -2.48. The summed E-state index contributed by atoms with van der Waals surface area (Å²) < 4.78 is 29.4. The van der Waals surface area contributed by atoms with Crippen LogP contribution in [0.3, 0.4) is 0 Å². The Kier molecular flexibility index (Phi) is 6.53. The molecule has 1 aromatic carbocycles. The molecule has 4 amide bonds. The van der Waals surface area contributed by atoms with Gasteiger partial charge in [0, 0.05) is 6.04 Å². The van der Waals surface area contributed by atoms with E-state index in [-0.39, 0.29) is 18.1 Å². The molecule has 182 valence electrons. The third-order valence-electron chi connectivity index (χ3n) is 6.51. The number of carbonyl (C=O) groups is 3. The van der Waals surface area contributed by atoms with Crippen LogP contribution < -0.4 is 5.32 Å². The maximum Gasteiger partial charge on any atom is 0.325 e. The largest absolute Gasteiger partial charge is 0.467 e. The van der Waals surface area contributed by atoms with Gasteiger partial charge in [0.15, 0.2) is 9.84 Å². The summed E-state index contributed by atoms with van der Waals surface area (Å²) >= 11 is 0. The van der Waals surface area contributed by atoms with Crippen molar-refractivity contribution in [1.82, 2.24) is 15.1 Å². The Morgan fingerprint density at radius 2 is 1.97 bits per heavy atom. The van der Waals surface area contributed by atoms with Gasteiger partial charge in [-0.25, -0.2) is 13.2 Å². The van der Waals surface area contributed by atoms with E-state index in [2.05, 4.69) is 12.2 Å². The van der Waals surface area contributed by atoms with E-state index < -0.39 is 45.8 Å². The third-order valence-corrected chi connectivity index (χ3v) is 8.26. The van der Waals surface area contributed by atoms with E-state index in [0.717, 1.165) is 23.3 Å². The van der Waals surface area contributed by atoms with Crippen molar-refractivity contribution in [3.05, 3.63) is 59.5 Å². The quantitative estimate of drug-likeness (QED) is 0.571. The highest BCUT2D eigenvalue weighted by Crippen LogP contribution is 2.30. The molecule has 2 fully saturated rings. The average Bonchev–Trinajstić information content (AvgIpc) is 3.49. The number of imide groups is 1. The van der Waals surface area contributed by atoms with E-state index in [1.807, 2.05) is 24.3 Å². The van der Waals surface area contributed by atoms with Gasteiger partial charge in [0.25, 0.3) is 5.91 Å². The van der Waals surface area contributed by atoms with Crippen LogP contribution in [0, 0.1) is 0 Å². The number of carbonyl (C=O) groups excluding carboxylic acids is 3. The van der Waals surface area contributed by atoms with Crippen LogP contribution in [0.25, 0.3) is 0 Å². The molecule has 2 saturated heterocycles. The molecule has 0 spiro atoms.